The molecule has 4 heteroatoms. The van der Waals surface area contributed by atoms with Crippen LogP contribution in [0.2, 0.25) is 0 Å². The summed E-state index contributed by atoms with van der Waals surface area (Å²) in [5.74, 6) is -0.735. The summed E-state index contributed by atoms with van der Waals surface area (Å²) in [6, 6.07) is 8.17. The molecule has 0 amide bonds. The lowest BCUT2D eigenvalue weighted by atomic mass is 10.2. The lowest BCUT2D eigenvalue weighted by Crippen LogP contribution is -2.05. The first-order chi connectivity index (χ1) is 8.56. The van der Waals surface area contributed by atoms with Gasteiger partial charge in [0.25, 0.3) is 0 Å². The fourth-order valence-corrected chi connectivity index (χ4v) is 2.08. The molecule has 0 aliphatic heterocycles. The van der Waals surface area contributed by atoms with Crippen molar-refractivity contribution in [3.8, 4) is 5.69 Å². The van der Waals surface area contributed by atoms with Crippen molar-refractivity contribution < 1.29 is 13.9 Å². The number of ether oxygens (including phenoxy) is 1. The van der Waals surface area contributed by atoms with Crippen molar-refractivity contribution >= 4 is 5.97 Å². The van der Waals surface area contributed by atoms with Crippen molar-refractivity contribution in [2.24, 2.45) is 0 Å². The Labute approximate surface area is 105 Å². The summed E-state index contributed by atoms with van der Waals surface area (Å²) in [6.07, 6.45) is 0. The van der Waals surface area contributed by atoms with Gasteiger partial charge in [0.2, 0.25) is 0 Å². The summed E-state index contributed by atoms with van der Waals surface area (Å²) in [7, 11) is 1.33. The third-order valence-electron chi connectivity index (χ3n) is 2.93. The fourth-order valence-electron chi connectivity index (χ4n) is 2.08. The number of carbonyl (C=O) groups is 1. The van der Waals surface area contributed by atoms with E-state index in [4.69, 9.17) is 4.74 Å². The van der Waals surface area contributed by atoms with Gasteiger partial charge in [-0.15, -0.1) is 0 Å². The number of benzene rings is 1. The van der Waals surface area contributed by atoms with Crippen molar-refractivity contribution in [3.63, 3.8) is 0 Å². The van der Waals surface area contributed by atoms with Crippen LogP contribution >= 0.6 is 0 Å². The Bertz CT molecular complexity index is 602. The Morgan fingerprint density at radius 3 is 2.56 bits per heavy atom. The molecule has 0 radical (unpaired) electrons. The van der Waals surface area contributed by atoms with Gasteiger partial charge < -0.3 is 9.30 Å². The largest absolute Gasteiger partial charge is 0.465 e. The molecule has 0 aliphatic carbocycles. The van der Waals surface area contributed by atoms with Gasteiger partial charge in [-0.25, -0.2) is 9.18 Å². The molecule has 0 atom stereocenters. The Balaban J connectivity index is 2.63. The molecule has 2 aromatic rings. The first-order valence-electron chi connectivity index (χ1n) is 5.58. The van der Waals surface area contributed by atoms with Crippen molar-refractivity contribution in [1.82, 2.24) is 4.57 Å². The molecule has 1 aromatic carbocycles. The third-order valence-corrected chi connectivity index (χ3v) is 2.93. The number of hydrogen-bond acceptors (Lipinski definition) is 2. The number of nitrogens with zero attached hydrogens (tertiary/aromatic N) is 1. The molecule has 1 aromatic heterocycles. The Morgan fingerprint density at radius 1 is 1.28 bits per heavy atom. The number of rotatable bonds is 2. The highest BCUT2D eigenvalue weighted by Gasteiger charge is 2.18. The lowest BCUT2D eigenvalue weighted by molar-refractivity contribution is 0.0600. The molecule has 94 valence electrons. The van der Waals surface area contributed by atoms with Crippen LogP contribution in [0.25, 0.3) is 5.69 Å². The number of aryl methyl sites for hydroxylation is 1. The van der Waals surface area contributed by atoms with E-state index in [9.17, 15) is 9.18 Å². The van der Waals surface area contributed by atoms with Gasteiger partial charge >= 0.3 is 5.97 Å². The summed E-state index contributed by atoms with van der Waals surface area (Å²) < 4.78 is 20.2. The normalized spacial score (nSPS) is 10.4. The van der Waals surface area contributed by atoms with E-state index in [1.54, 1.807) is 35.8 Å². The zero-order valence-electron chi connectivity index (χ0n) is 10.5. The van der Waals surface area contributed by atoms with E-state index in [1.165, 1.54) is 13.2 Å². The predicted octanol–water partition coefficient (Wildman–Crippen LogP) is 3.02. The van der Waals surface area contributed by atoms with E-state index in [0.29, 0.717) is 16.9 Å². The zero-order valence-corrected chi connectivity index (χ0v) is 10.5. The van der Waals surface area contributed by atoms with Crippen LogP contribution in [0, 0.1) is 19.7 Å². The monoisotopic (exact) mass is 247 g/mol. The third kappa shape index (κ3) is 1.90. The van der Waals surface area contributed by atoms with Crippen molar-refractivity contribution in [2.45, 2.75) is 13.8 Å². The molecule has 0 unspecified atom stereocenters. The van der Waals surface area contributed by atoms with Gasteiger partial charge in [-0.05, 0) is 32.0 Å². The highest BCUT2D eigenvalue weighted by Crippen LogP contribution is 2.23. The highest BCUT2D eigenvalue weighted by atomic mass is 19.1. The van der Waals surface area contributed by atoms with Gasteiger partial charge in [0.1, 0.15) is 5.82 Å². The maximum absolute atomic E-state index is 13.8. The Kier molecular flexibility index (Phi) is 3.19. The summed E-state index contributed by atoms with van der Waals surface area (Å²) in [5, 5.41) is 0. The second kappa shape index (κ2) is 4.64. The van der Waals surface area contributed by atoms with E-state index in [0.717, 1.165) is 5.69 Å². The lowest BCUT2D eigenvalue weighted by Gasteiger charge is -2.10. The molecule has 0 saturated heterocycles. The smallest absolute Gasteiger partial charge is 0.339 e. The molecule has 0 fully saturated rings. The molecule has 0 bridgehead atoms. The van der Waals surface area contributed by atoms with Gasteiger partial charge in [-0.1, -0.05) is 12.1 Å². The topological polar surface area (TPSA) is 31.2 Å². The van der Waals surface area contributed by atoms with Gasteiger partial charge in [0, 0.05) is 11.4 Å². The highest BCUT2D eigenvalue weighted by molar-refractivity contribution is 5.91. The number of hydrogen-bond donors (Lipinski definition) is 0. The second-order valence-corrected chi connectivity index (χ2v) is 4.06. The SMILES string of the molecule is COC(=O)c1cc(C)n(-c2ccccc2F)c1C. The number of halogens is 1. The van der Waals surface area contributed by atoms with E-state index in [1.807, 2.05) is 6.92 Å². The maximum atomic E-state index is 13.8. The average Bonchev–Trinajstić information content (AvgIpc) is 2.65. The molecule has 0 N–H and O–H groups in total. The average molecular weight is 247 g/mol. The standard InChI is InChI=1S/C14H14FNO2/c1-9-8-11(14(17)18-3)10(2)16(9)13-7-5-4-6-12(13)15/h4-8H,1-3H3. The molecular weight excluding hydrogens is 233 g/mol. The molecule has 1 heterocycles. The summed E-state index contributed by atoms with van der Waals surface area (Å²) in [6.45, 7) is 3.59. The van der Waals surface area contributed by atoms with Crippen LogP contribution in [-0.2, 0) is 4.74 Å². The van der Waals surface area contributed by atoms with Crippen molar-refractivity contribution in [1.29, 1.82) is 0 Å². The number of esters is 1. The molecule has 0 spiro atoms. The molecule has 0 aliphatic rings. The first kappa shape index (κ1) is 12.4. The number of carbonyl (C=O) groups excluding carboxylic acids is 1. The van der Waals surface area contributed by atoms with E-state index in [-0.39, 0.29) is 5.82 Å². The summed E-state index contributed by atoms with van der Waals surface area (Å²) in [5.41, 5.74) is 2.35. The Morgan fingerprint density at radius 2 is 1.94 bits per heavy atom. The molecular formula is C14H14FNO2. The number of methoxy groups -OCH3 is 1. The summed E-state index contributed by atoms with van der Waals surface area (Å²) in [4.78, 5) is 11.6. The van der Waals surface area contributed by atoms with Crippen LogP contribution in [0.15, 0.2) is 30.3 Å². The van der Waals surface area contributed by atoms with Crippen LogP contribution in [-0.4, -0.2) is 17.6 Å². The van der Waals surface area contributed by atoms with Gasteiger partial charge in [0.15, 0.2) is 0 Å². The summed E-state index contributed by atoms with van der Waals surface area (Å²) >= 11 is 0. The van der Waals surface area contributed by atoms with Gasteiger partial charge in [-0.2, -0.15) is 0 Å². The van der Waals surface area contributed by atoms with E-state index >= 15 is 0 Å². The van der Waals surface area contributed by atoms with Gasteiger partial charge in [-0.3, -0.25) is 0 Å². The molecule has 0 saturated carbocycles. The first-order valence-corrected chi connectivity index (χ1v) is 5.58. The fraction of sp³-hybridized carbons (Fsp3) is 0.214. The van der Waals surface area contributed by atoms with Crippen LogP contribution in [0.1, 0.15) is 21.7 Å². The minimum Gasteiger partial charge on any atom is -0.465 e. The van der Waals surface area contributed by atoms with E-state index < -0.39 is 5.97 Å². The second-order valence-electron chi connectivity index (χ2n) is 4.06. The van der Waals surface area contributed by atoms with Crippen LogP contribution < -0.4 is 0 Å². The number of aromatic nitrogens is 1. The Hall–Kier alpha value is -2.10. The van der Waals surface area contributed by atoms with Crippen molar-refractivity contribution in [3.05, 3.63) is 53.1 Å². The molecule has 3 nitrogen and oxygen atoms in total. The minimum atomic E-state index is -0.411. The predicted molar refractivity (Wildman–Crippen MR) is 66.5 cm³/mol. The van der Waals surface area contributed by atoms with Crippen LogP contribution in [0.4, 0.5) is 4.39 Å². The minimum absolute atomic E-state index is 0.323. The quantitative estimate of drug-likeness (QED) is 0.764. The van der Waals surface area contributed by atoms with E-state index in [2.05, 4.69) is 0 Å². The zero-order chi connectivity index (χ0) is 13.3. The van der Waals surface area contributed by atoms with Gasteiger partial charge in [0.05, 0.1) is 18.4 Å². The van der Waals surface area contributed by atoms with Crippen LogP contribution in [0.3, 0.4) is 0 Å². The van der Waals surface area contributed by atoms with Crippen LogP contribution in [0.5, 0.6) is 0 Å². The molecule has 2 rings (SSSR count). The maximum Gasteiger partial charge on any atom is 0.339 e. The molecule has 18 heavy (non-hydrogen) atoms. The number of para-hydroxylation sites is 1. The van der Waals surface area contributed by atoms with Crippen molar-refractivity contribution in [2.75, 3.05) is 7.11 Å².